The summed E-state index contributed by atoms with van der Waals surface area (Å²) in [4.78, 5) is 16.9. The summed E-state index contributed by atoms with van der Waals surface area (Å²) in [7, 11) is 1.82. The van der Waals surface area contributed by atoms with Gasteiger partial charge in [-0.1, -0.05) is 6.92 Å². The molecule has 1 aromatic heterocycles. The average Bonchev–Trinajstić information content (AvgIpc) is 2.82. The van der Waals surface area contributed by atoms with Crippen LogP contribution < -0.4 is 10.6 Å². The Morgan fingerprint density at radius 2 is 2.05 bits per heavy atom. The van der Waals surface area contributed by atoms with Crippen LogP contribution in [-0.4, -0.2) is 70.9 Å². The summed E-state index contributed by atoms with van der Waals surface area (Å²) < 4.78 is 1.67. The highest BCUT2D eigenvalue weighted by atomic mass is 16.2. The van der Waals surface area contributed by atoms with Crippen LogP contribution in [-0.2, 0) is 7.05 Å². The molecule has 2 heterocycles. The van der Waals surface area contributed by atoms with E-state index in [4.69, 9.17) is 0 Å². The van der Waals surface area contributed by atoms with Crippen molar-refractivity contribution in [2.24, 2.45) is 7.05 Å². The third-order valence-corrected chi connectivity index (χ3v) is 4.28. The second-order valence-electron chi connectivity index (χ2n) is 5.95. The Morgan fingerprint density at radius 1 is 1.36 bits per heavy atom. The maximum Gasteiger partial charge on any atom is 0.320 e. The van der Waals surface area contributed by atoms with Crippen LogP contribution in [0.2, 0.25) is 0 Å². The van der Waals surface area contributed by atoms with Crippen LogP contribution in [0.3, 0.4) is 0 Å². The number of aromatic nitrogens is 2. The van der Waals surface area contributed by atoms with E-state index in [1.54, 1.807) is 4.68 Å². The van der Waals surface area contributed by atoms with Crippen LogP contribution in [0.25, 0.3) is 0 Å². The molecule has 2 amide bonds. The third-order valence-electron chi connectivity index (χ3n) is 4.28. The zero-order valence-corrected chi connectivity index (χ0v) is 14.1. The van der Waals surface area contributed by atoms with E-state index >= 15 is 0 Å². The van der Waals surface area contributed by atoms with Crippen molar-refractivity contribution in [1.29, 1.82) is 0 Å². The van der Waals surface area contributed by atoms with Crippen LogP contribution >= 0.6 is 0 Å². The molecule has 1 fully saturated rings. The Hall–Kier alpha value is -1.60. The van der Waals surface area contributed by atoms with Gasteiger partial charge in [0.1, 0.15) is 5.82 Å². The first-order valence-corrected chi connectivity index (χ1v) is 8.01. The summed E-state index contributed by atoms with van der Waals surface area (Å²) in [5.41, 5.74) is 0.889. The number of carbonyl (C=O) groups excluding carboxylic acids is 1. The van der Waals surface area contributed by atoms with Crippen molar-refractivity contribution in [2.45, 2.75) is 26.8 Å². The molecule has 0 aliphatic carbocycles. The van der Waals surface area contributed by atoms with Crippen LogP contribution in [0.5, 0.6) is 0 Å². The van der Waals surface area contributed by atoms with Gasteiger partial charge in [0, 0.05) is 51.9 Å². The number of nitrogens with one attached hydrogen (secondary N) is 2. The molecule has 7 nitrogen and oxygen atoms in total. The number of anilines is 1. The van der Waals surface area contributed by atoms with E-state index in [0.717, 1.165) is 38.4 Å². The van der Waals surface area contributed by atoms with E-state index in [1.165, 1.54) is 0 Å². The minimum absolute atomic E-state index is 0.179. The molecule has 0 aromatic carbocycles. The SMILES string of the molecule is CCN1CCN([C@@H](C)CNC(=O)Nc2cc(C)nn2C)CC1. The van der Waals surface area contributed by atoms with Gasteiger partial charge >= 0.3 is 6.03 Å². The molecule has 0 radical (unpaired) electrons. The number of rotatable bonds is 5. The topological polar surface area (TPSA) is 65.4 Å². The lowest BCUT2D eigenvalue weighted by molar-refractivity contribution is 0.106. The highest BCUT2D eigenvalue weighted by molar-refractivity contribution is 5.88. The molecule has 1 aromatic rings. The molecule has 1 atom stereocenters. The number of carbonyl (C=O) groups is 1. The molecule has 1 saturated heterocycles. The molecule has 7 heteroatoms. The zero-order valence-electron chi connectivity index (χ0n) is 14.1. The van der Waals surface area contributed by atoms with E-state index in [1.807, 2.05) is 20.0 Å². The van der Waals surface area contributed by atoms with Gasteiger partial charge in [0.2, 0.25) is 0 Å². The molecule has 1 aliphatic heterocycles. The fourth-order valence-corrected chi connectivity index (χ4v) is 2.78. The predicted molar refractivity (Wildman–Crippen MR) is 88.1 cm³/mol. The van der Waals surface area contributed by atoms with Gasteiger partial charge in [-0.05, 0) is 20.4 Å². The Labute approximate surface area is 132 Å². The molecule has 2 rings (SSSR count). The summed E-state index contributed by atoms with van der Waals surface area (Å²) in [5.74, 6) is 0.708. The van der Waals surface area contributed by atoms with Crippen molar-refractivity contribution in [3.63, 3.8) is 0 Å². The first-order chi connectivity index (χ1) is 10.5. The van der Waals surface area contributed by atoms with Gasteiger partial charge in [-0.15, -0.1) is 0 Å². The lowest BCUT2D eigenvalue weighted by Gasteiger charge is -2.37. The quantitative estimate of drug-likeness (QED) is 0.847. The molecule has 2 N–H and O–H groups in total. The largest absolute Gasteiger partial charge is 0.336 e. The van der Waals surface area contributed by atoms with Crippen LogP contribution in [0, 0.1) is 6.92 Å². The van der Waals surface area contributed by atoms with Crippen molar-refractivity contribution in [2.75, 3.05) is 44.6 Å². The summed E-state index contributed by atoms with van der Waals surface area (Å²) in [6.07, 6.45) is 0. The lowest BCUT2D eigenvalue weighted by atomic mass is 10.2. The monoisotopic (exact) mass is 308 g/mol. The molecule has 0 unspecified atom stereocenters. The number of amides is 2. The van der Waals surface area contributed by atoms with Gasteiger partial charge in [0.15, 0.2) is 0 Å². The first-order valence-electron chi connectivity index (χ1n) is 8.01. The van der Waals surface area contributed by atoms with E-state index in [0.29, 0.717) is 18.4 Å². The molecule has 22 heavy (non-hydrogen) atoms. The van der Waals surface area contributed by atoms with Gasteiger partial charge in [0.05, 0.1) is 5.69 Å². The Bertz CT molecular complexity index is 492. The zero-order chi connectivity index (χ0) is 16.1. The molecule has 0 spiro atoms. The van der Waals surface area contributed by atoms with Gasteiger partial charge in [0.25, 0.3) is 0 Å². The third kappa shape index (κ3) is 4.45. The highest BCUT2D eigenvalue weighted by Crippen LogP contribution is 2.08. The number of hydrogen-bond acceptors (Lipinski definition) is 4. The molecular weight excluding hydrogens is 280 g/mol. The lowest BCUT2D eigenvalue weighted by Crippen LogP contribution is -2.52. The van der Waals surface area contributed by atoms with E-state index in [9.17, 15) is 4.79 Å². The molecular formula is C15H28N6O. The normalized spacial score (nSPS) is 18.2. The first kappa shape index (κ1) is 16.8. The number of piperazine rings is 1. The number of urea groups is 1. The summed E-state index contributed by atoms with van der Waals surface area (Å²) in [6.45, 7) is 12.4. The summed E-state index contributed by atoms with van der Waals surface area (Å²) in [6, 6.07) is 2.02. The van der Waals surface area contributed by atoms with E-state index < -0.39 is 0 Å². The van der Waals surface area contributed by atoms with Gasteiger partial charge in [-0.25, -0.2) is 4.79 Å². The predicted octanol–water partition coefficient (Wildman–Crippen LogP) is 0.876. The average molecular weight is 308 g/mol. The van der Waals surface area contributed by atoms with E-state index in [-0.39, 0.29) is 6.03 Å². The Balaban J connectivity index is 1.73. The Kier molecular flexibility index (Phi) is 5.79. The minimum atomic E-state index is -0.179. The number of likely N-dealkylation sites (N-methyl/N-ethyl adjacent to an activating group) is 1. The van der Waals surface area contributed by atoms with Crippen molar-refractivity contribution in [3.8, 4) is 0 Å². The van der Waals surface area contributed by atoms with Gasteiger partial charge < -0.3 is 10.2 Å². The fourth-order valence-electron chi connectivity index (χ4n) is 2.78. The highest BCUT2D eigenvalue weighted by Gasteiger charge is 2.20. The van der Waals surface area contributed by atoms with Crippen molar-refractivity contribution in [3.05, 3.63) is 11.8 Å². The van der Waals surface area contributed by atoms with Crippen LogP contribution in [0.15, 0.2) is 6.07 Å². The second kappa shape index (κ2) is 7.60. The van der Waals surface area contributed by atoms with Crippen molar-refractivity contribution < 1.29 is 4.79 Å². The van der Waals surface area contributed by atoms with Crippen LogP contribution in [0.1, 0.15) is 19.5 Å². The molecule has 0 saturated carbocycles. The van der Waals surface area contributed by atoms with Gasteiger partial charge in [-0.2, -0.15) is 5.10 Å². The second-order valence-corrected chi connectivity index (χ2v) is 5.95. The fraction of sp³-hybridized carbons (Fsp3) is 0.733. The standard InChI is InChI=1S/C15H28N6O/c1-5-20-6-8-21(9-7-20)13(3)11-16-15(22)17-14-10-12(2)18-19(14)4/h10,13H,5-9,11H2,1-4H3,(H2,16,17,22)/t13-/m0/s1. The van der Waals surface area contributed by atoms with E-state index in [2.05, 4.69) is 39.4 Å². The van der Waals surface area contributed by atoms with Gasteiger partial charge in [-0.3, -0.25) is 14.9 Å². The number of nitrogens with zero attached hydrogens (tertiary/aromatic N) is 4. The number of aryl methyl sites for hydroxylation is 2. The summed E-state index contributed by atoms with van der Waals surface area (Å²) >= 11 is 0. The minimum Gasteiger partial charge on any atom is -0.336 e. The van der Waals surface area contributed by atoms with Crippen LogP contribution in [0.4, 0.5) is 10.6 Å². The smallest absolute Gasteiger partial charge is 0.320 e. The summed E-state index contributed by atoms with van der Waals surface area (Å²) in [5, 5.41) is 9.98. The molecule has 1 aliphatic rings. The maximum absolute atomic E-state index is 12.0. The maximum atomic E-state index is 12.0. The van der Waals surface area contributed by atoms with Crippen molar-refractivity contribution >= 4 is 11.8 Å². The molecule has 124 valence electrons. The number of hydrogen-bond donors (Lipinski definition) is 2. The Morgan fingerprint density at radius 3 is 2.59 bits per heavy atom. The van der Waals surface area contributed by atoms with Crippen molar-refractivity contribution in [1.82, 2.24) is 24.9 Å². The molecule has 0 bridgehead atoms.